The number of amides is 2. The standard InChI is InChI=1S/C26H27F6N3O6S/c1-35(2)42(38,39)34-23(37)21-20(16-5-9-18(40-3)10-6-16)15-24(26(30,31)32,33-22(21)36)17-7-11-19(12-8-17)41-14-4-13-25(27,28)29/h5-12H,4,13-15H2,1-3H3,(H,33,36)(H,34,37). The number of benzene rings is 2. The van der Waals surface area contributed by atoms with Gasteiger partial charge in [-0.1, -0.05) is 24.3 Å². The number of carbonyl (C=O) groups excluding carboxylic acids is 2. The number of nitrogens with zero attached hydrogens (tertiary/aromatic N) is 1. The molecule has 3 rings (SSSR count). The lowest BCUT2D eigenvalue weighted by Crippen LogP contribution is -2.60. The zero-order valence-corrected chi connectivity index (χ0v) is 23.3. The number of ether oxygens (including phenoxy) is 2. The number of hydrogen-bond acceptors (Lipinski definition) is 6. The summed E-state index contributed by atoms with van der Waals surface area (Å²) < 4.78 is 119. The smallest absolute Gasteiger partial charge is 0.416 e. The second-order valence-corrected chi connectivity index (χ2v) is 11.3. The Morgan fingerprint density at radius 1 is 1.00 bits per heavy atom. The first-order chi connectivity index (χ1) is 19.4. The van der Waals surface area contributed by atoms with Crippen molar-refractivity contribution < 1.29 is 53.8 Å². The van der Waals surface area contributed by atoms with Crippen LogP contribution in [0, 0.1) is 0 Å². The Morgan fingerprint density at radius 2 is 1.57 bits per heavy atom. The molecule has 2 amide bonds. The molecule has 0 spiro atoms. The summed E-state index contributed by atoms with van der Waals surface area (Å²) in [7, 11) is -0.855. The molecule has 2 N–H and O–H groups in total. The first-order valence-electron chi connectivity index (χ1n) is 12.2. The van der Waals surface area contributed by atoms with Crippen LogP contribution < -0.4 is 19.5 Å². The van der Waals surface area contributed by atoms with E-state index in [1.165, 1.54) is 31.4 Å². The van der Waals surface area contributed by atoms with Crippen LogP contribution in [0.3, 0.4) is 0 Å². The van der Waals surface area contributed by atoms with Crippen molar-refractivity contribution in [3.8, 4) is 11.5 Å². The number of nitrogens with one attached hydrogen (secondary N) is 2. The third kappa shape index (κ3) is 7.34. The van der Waals surface area contributed by atoms with Gasteiger partial charge in [0.05, 0.1) is 13.7 Å². The second kappa shape index (κ2) is 12.2. The number of hydrogen-bond donors (Lipinski definition) is 2. The molecule has 230 valence electrons. The molecule has 42 heavy (non-hydrogen) atoms. The highest BCUT2D eigenvalue weighted by atomic mass is 32.2. The molecule has 1 aliphatic heterocycles. The van der Waals surface area contributed by atoms with E-state index in [0.29, 0.717) is 10.1 Å². The molecule has 2 aromatic rings. The van der Waals surface area contributed by atoms with Crippen LogP contribution >= 0.6 is 0 Å². The van der Waals surface area contributed by atoms with Crippen LogP contribution in [0.5, 0.6) is 11.5 Å². The summed E-state index contributed by atoms with van der Waals surface area (Å²) in [4.78, 5) is 26.3. The molecule has 0 aliphatic carbocycles. The quantitative estimate of drug-likeness (QED) is 0.235. The van der Waals surface area contributed by atoms with E-state index < -0.39 is 69.5 Å². The Balaban J connectivity index is 2.07. The van der Waals surface area contributed by atoms with Crippen molar-refractivity contribution in [2.24, 2.45) is 0 Å². The van der Waals surface area contributed by atoms with Gasteiger partial charge in [-0.05, 0) is 47.4 Å². The molecule has 1 atom stereocenters. The van der Waals surface area contributed by atoms with Crippen molar-refractivity contribution in [3.05, 3.63) is 65.2 Å². The minimum Gasteiger partial charge on any atom is -0.497 e. The van der Waals surface area contributed by atoms with E-state index in [9.17, 15) is 44.3 Å². The van der Waals surface area contributed by atoms with Gasteiger partial charge in [0.2, 0.25) is 0 Å². The van der Waals surface area contributed by atoms with Gasteiger partial charge in [0.15, 0.2) is 5.54 Å². The molecule has 0 radical (unpaired) electrons. The van der Waals surface area contributed by atoms with E-state index in [4.69, 9.17) is 9.47 Å². The maximum atomic E-state index is 14.8. The predicted molar refractivity (Wildman–Crippen MR) is 138 cm³/mol. The van der Waals surface area contributed by atoms with E-state index in [2.05, 4.69) is 0 Å². The Morgan fingerprint density at radius 3 is 2.07 bits per heavy atom. The molecule has 0 bridgehead atoms. The largest absolute Gasteiger partial charge is 0.497 e. The summed E-state index contributed by atoms with van der Waals surface area (Å²) in [6.45, 7) is -0.335. The minimum atomic E-state index is -5.13. The predicted octanol–water partition coefficient (Wildman–Crippen LogP) is 4.07. The molecule has 1 heterocycles. The van der Waals surface area contributed by atoms with Gasteiger partial charge in [-0.25, -0.2) is 4.72 Å². The Kier molecular flexibility index (Phi) is 9.51. The molecular formula is C26H27F6N3O6S. The first-order valence-corrected chi connectivity index (χ1v) is 13.7. The third-order valence-corrected chi connectivity index (χ3v) is 7.77. The van der Waals surface area contributed by atoms with Crippen molar-refractivity contribution in [2.45, 2.75) is 37.2 Å². The van der Waals surface area contributed by atoms with Crippen molar-refractivity contribution in [1.82, 2.24) is 14.3 Å². The van der Waals surface area contributed by atoms with Crippen LogP contribution in [0.15, 0.2) is 54.1 Å². The minimum absolute atomic E-state index is 0.000244. The molecule has 16 heteroatoms. The fourth-order valence-corrected chi connectivity index (χ4v) is 4.66. The van der Waals surface area contributed by atoms with Gasteiger partial charge in [-0.2, -0.15) is 39.1 Å². The first kappa shape index (κ1) is 32.7. The van der Waals surface area contributed by atoms with Crippen molar-refractivity contribution in [1.29, 1.82) is 0 Å². The highest BCUT2D eigenvalue weighted by Crippen LogP contribution is 2.48. The highest BCUT2D eigenvalue weighted by molar-refractivity contribution is 7.87. The Labute approximate surface area is 237 Å². The lowest BCUT2D eigenvalue weighted by Gasteiger charge is -2.41. The van der Waals surface area contributed by atoms with Crippen LogP contribution in [-0.2, 0) is 25.3 Å². The summed E-state index contributed by atoms with van der Waals surface area (Å²) in [5.74, 6) is -2.59. The maximum Gasteiger partial charge on any atom is 0.416 e. The Hall–Kier alpha value is -3.79. The molecular weight excluding hydrogens is 596 g/mol. The van der Waals surface area contributed by atoms with E-state index >= 15 is 0 Å². The number of carbonyl (C=O) groups is 2. The van der Waals surface area contributed by atoms with Crippen molar-refractivity contribution in [3.63, 3.8) is 0 Å². The fraction of sp³-hybridized carbons (Fsp3) is 0.385. The van der Waals surface area contributed by atoms with Gasteiger partial charge in [-0.15, -0.1) is 0 Å². The summed E-state index contributed by atoms with van der Waals surface area (Å²) in [6, 6.07) is 9.65. The summed E-state index contributed by atoms with van der Waals surface area (Å²) >= 11 is 0. The van der Waals surface area contributed by atoms with Gasteiger partial charge in [0.25, 0.3) is 11.8 Å². The van der Waals surface area contributed by atoms with E-state index in [0.717, 1.165) is 38.4 Å². The molecule has 9 nitrogen and oxygen atoms in total. The molecule has 2 aromatic carbocycles. The van der Waals surface area contributed by atoms with Crippen molar-refractivity contribution in [2.75, 3.05) is 27.8 Å². The normalized spacial score (nSPS) is 18.1. The zero-order chi connectivity index (χ0) is 31.5. The molecule has 0 aromatic heterocycles. The van der Waals surface area contributed by atoms with Gasteiger partial charge >= 0.3 is 22.6 Å². The molecule has 0 saturated carbocycles. The fourth-order valence-electron chi connectivity index (χ4n) is 4.14. The zero-order valence-electron chi connectivity index (χ0n) is 22.5. The topological polar surface area (TPSA) is 114 Å². The van der Waals surface area contributed by atoms with Crippen LogP contribution in [0.1, 0.15) is 30.4 Å². The number of alkyl halides is 6. The summed E-state index contributed by atoms with van der Waals surface area (Å²) in [6.07, 6.45) is -12.0. The maximum absolute atomic E-state index is 14.8. The van der Waals surface area contributed by atoms with Gasteiger partial charge in [0.1, 0.15) is 17.1 Å². The average molecular weight is 624 g/mol. The average Bonchev–Trinajstić information content (AvgIpc) is 2.89. The molecule has 1 aliphatic rings. The second-order valence-electron chi connectivity index (χ2n) is 9.43. The van der Waals surface area contributed by atoms with Crippen molar-refractivity contribution >= 4 is 27.6 Å². The lowest BCUT2D eigenvalue weighted by atomic mass is 9.76. The molecule has 0 saturated heterocycles. The molecule has 1 unspecified atom stereocenters. The lowest BCUT2D eigenvalue weighted by molar-refractivity contribution is -0.201. The van der Waals surface area contributed by atoms with E-state index in [1.54, 1.807) is 4.72 Å². The summed E-state index contributed by atoms with van der Waals surface area (Å²) in [5.41, 5.74) is -4.74. The van der Waals surface area contributed by atoms with Crippen LogP contribution in [0.2, 0.25) is 0 Å². The number of rotatable bonds is 10. The van der Waals surface area contributed by atoms with Gasteiger partial charge in [0, 0.05) is 26.9 Å². The number of halogens is 6. The van der Waals surface area contributed by atoms with E-state index in [1.807, 2.05) is 5.32 Å². The van der Waals surface area contributed by atoms with Gasteiger partial charge in [-0.3, -0.25) is 9.59 Å². The van der Waals surface area contributed by atoms with E-state index in [-0.39, 0.29) is 24.3 Å². The van der Waals surface area contributed by atoms with Gasteiger partial charge < -0.3 is 14.8 Å². The monoisotopic (exact) mass is 623 g/mol. The summed E-state index contributed by atoms with van der Waals surface area (Å²) in [5, 5.41) is 1.86. The highest BCUT2D eigenvalue weighted by Gasteiger charge is 2.60. The van der Waals surface area contributed by atoms with Crippen LogP contribution in [-0.4, -0.2) is 64.7 Å². The molecule has 0 fully saturated rings. The van der Waals surface area contributed by atoms with Crippen LogP contribution in [0.25, 0.3) is 5.57 Å². The Bertz CT molecular complexity index is 1440. The third-order valence-electron chi connectivity index (χ3n) is 6.37. The van der Waals surface area contributed by atoms with Crippen LogP contribution in [0.4, 0.5) is 26.3 Å². The number of methoxy groups -OCH3 is 1. The SMILES string of the molecule is COc1ccc(C2=C(C(=O)NS(=O)(=O)N(C)C)C(=O)NC(c3ccc(OCCCC(F)(F)F)cc3)(C(F)(F)F)C2)cc1.